The van der Waals surface area contributed by atoms with Gasteiger partial charge in [0.05, 0.1) is 12.4 Å². The molecule has 0 bridgehead atoms. The number of nitrogens with zero attached hydrogens (tertiary/aromatic N) is 2. The van der Waals surface area contributed by atoms with Gasteiger partial charge in [-0.25, -0.2) is 9.97 Å². The van der Waals surface area contributed by atoms with Crippen LogP contribution < -0.4 is 4.74 Å². The van der Waals surface area contributed by atoms with Crippen molar-refractivity contribution < 1.29 is 9.53 Å². The second-order valence-corrected chi connectivity index (χ2v) is 8.61. The van der Waals surface area contributed by atoms with Crippen LogP contribution in [-0.2, 0) is 4.79 Å². The Morgan fingerprint density at radius 3 is 2.23 bits per heavy atom. The van der Waals surface area contributed by atoms with Crippen LogP contribution in [0.4, 0.5) is 0 Å². The Kier molecular flexibility index (Phi) is 8.85. The highest BCUT2D eigenvalue weighted by molar-refractivity contribution is 5.71. The van der Waals surface area contributed by atoms with Crippen molar-refractivity contribution in [3.63, 3.8) is 0 Å². The molecule has 1 aliphatic carbocycles. The van der Waals surface area contributed by atoms with Crippen LogP contribution in [0.2, 0.25) is 0 Å². The van der Waals surface area contributed by atoms with Gasteiger partial charge < -0.3 is 4.74 Å². The maximum absolute atomic E-state index is 11.4. The zero-order valence-electron chi connectivity index (χ0n) is 18.6. The number of benzene rings is 1. The number of rotatable bonds is 10. The van der Waals surface area contributed by atoms with E-state index in [4.69, 9.17) is 4.74 Å². The Labute approximate surface area is 181 Å². The highest BCUT2D eigenvalue weighted by atomic mass is 16.5. The Hall–Kier alpha value is -2.23. The maximum atomic E-state index is 11.4. The van der Waals surface area contributed by atoms with E-state index in [0.717, 1.165) is 11.5 Å². The first-order valence-electron chi connectivity index (χ1n) is 11.8. The minimum absolute atomic E-state index is 0.276. The number of carbonyl (C=O) groups is 1. The molecule has 0 aliphatic heterocycles. The van der Waals surface area contributed by atoms with E-state index in [0.29, 0.717) is 23.9 Å². The summed E-state index contributed by atoms with van der Waals surface area (Å²) in [6.45, 7) is 4.05. The molecule has 3 rings (SSSR count). The van der Waals surface area contributed by atoms with E-state index in [-0.39, 0.29) is 5.97 Å². The molecule has 0 N–H and O–H groups in total. The molecule has 1 aromatic carbocycles. The normalized spacial score (nSPS) is 18.9. The Bertz CT molecular complexity index is 763. The summed E-state index contributed by atoms with van der Waals surface area (Å²) in [5.74, 6) is 2.40. The van der Waals surface area contributed by atoms with Crippen LogP contribution in [0, 0.1) is 5.92 Å². The molecular weight excluding hydrogens is 372 g/mol. The second-order valence-electron chi connectivity index (χ2n) is 8.61. The minimum atomic E-state index is -0.276. The first kappa shape index (κ1) is 22.5. The monoisotopic (exact) mass is 408 g/mol. The number of aromatic nitrogens is 2. The molecule has 0 amide bonds. The van der Waals surface area contributed by atoms with Crippen molar-refractivity contribution in [1.82, 2.24) is 9.97 Å². The molecule has 30 heavy (non-hydrogen) atoms. The van der Waals surface area contributed by atoms with Gasteiger partial charge in [0.1, 0.15) is 0 Å². The molecule has 1 fully saturated rings. The number of hydrogen-bond donors (Lipinski definition) is 0. The van der Waals surface area contributed by atoms with E-state index in [1.54, 1.807) is 19.3 Å². The summed E-state index contributed by atoms with van der Waals surface area (Å²) < 4.78 is 5.14. The fraction of sp³-hybridized carbons (Fsp3) is 0.577. The number of ether oxygens (including phenoxy) is 1. The number of hydrogen-bond acceptors (Lipinski definition) is 4. The number of carbonyl (C=O) groups excluding carboxylic acids is 1. The van der Waals surface area contributed by atoms with Crippen molar-refractivity contribution in [1.29, 1.82) is 0 Å². The van der Waals surface area contributed by atoms with Crippen molar-refractivity contribution in [2.45, 2.75) is 90.4 Å². The summed E-state index contributed by atoms with van der Waals surface area (Å²) in [4.78, 5) is 20.1. The topological polar surface area (TPSA) is 52.1 Å². The van der Waals surface area contributed by atoms with Gasteiger partial charge in [0, 0.05) is 12.0 Å². The third kappa shape index (κ3) is 6.65. The molecule has 0 radical (unpaired) electrons. The molecule has 1 aliphatic rings. The fourth-order valence-corrected chi connectivity index (χ4v) is 4.45. The van der Waals surface area contributed by atoms with Gasteiger partial charge in [0.2, 0.25) is 0 Å². The molecule has 0 spiro atoms. The van der Waals surface area contributed by atoms with Crippen LogP contribution in [0.25, 0.3) is 11.4 Å². The quantitative estimate of drug-likeness (QED) is 0.311. The standard InChI is InChI=1S/C26H36N2O2/c1-3-5-6-7-8-9-20-10-12-21(13-11-20)22-14-16-23(17-15-22)26-27-18-24(19-28-26)30-25(29)4-2/h14-21H,3-13H2,1-2H3. The van der Waals surface area contributed by atoms with Gasteiger partial charge in [-0.05, 0) is 43.1 Å². The van der Waals surface area contributed by atoms with Crippen LogP contribution in [-0.4, -0.2) is 15.9 Å². The maximum Gasteiger partial charge on any atom is 0.311 e. The van der Waals surface area contributed by atoms with Crippen molar-refractivity contribution in [3.8, 4) is 17.1 Å². The zero-order valence-corrected chi connectivity index (χ0v) is 18.6. The molecule has 1 heterocycles. The summed E-state index contributed by atoms with van der Waals surface area (Å²) >= 11 is 0. The van der Waals surface area contributed by atoms with Gasteiger partial charge in [-0.2, -0.15) is 0 Å². The highest BCUT2D eigenvalue weighted by Gasteiger charge is 2.22. The summed E-state index contributed by atoms with van der Waals surface area (Å²) in [6.07, 6.45) is 17.2. The SMILES string of the molecule is CCCCCCCC1CCC(c2ccc(-c3ncc(OC(=O)CC)cn3)cc2)CC1. The largest absolute Gasteiger partial charge is 0.423 e. The molecular formula is C26H36N2O2. The van der Waals surface area contributed by atoms with Crippen LogP contribution >= 0.6 is 0 Å². The van der Waals surface area contributed by atoms with E-state index in [9.17, 15) is 4.79 Å². The van der Waals surface area contributed by atoms with Gasteiger partial charge in [-0.1, -0.05) is 76.6 Å². The molecule has 0 saturated heterocycles. The summed E-state index contributed by atoms with van der Waals surface area (Å²) in [6, 6.07) is 8.70. The lowest BCUT2D eigenvalue weighted by Crippen LogP contribution is -2.13. The predicted molar refractivity (Wildman–Crippen MR) is 121 cm³/mol. The van der Waals surface area contributed by atoms with Gasteiger partial charge in [0.15, 0.2) is 11.6 Å². The molecule has 1 aromatic heterocycles. The lowest BCUT2D eigenvalue weighted by atomic mass is 9.77. The van der Waals surface area contributed by atoms with Gasteiger partial charge in [-0.15, -0.1) is 0 Å². The lowest BCUT2D eigenvalue weighted by molar-refractivity contribution is -0.134. The first-order valence-corrected chi connectivity index (χ1v) is 11.8. The van der Waals surface area contributed by atoms with Crippen molar-refractivity contribution in [3.05, 3.63) is 42.2 Å². The summed E-state index contributed by atoms with van der Waals surface area (Å²) in [5.41, 5.74) is 2.43. The average molecular weight is 409 g/mol. The lowest BCUT2D eigenvalue weighted by Gasteiger charge is -2.29. The van der Waals surface area contributed by atoms with Crippen LogP contribution in [0.1, 0.15) is 96.0 Å². The Morgan fingerprint density at radius 2 is 1.60 bits per heavy atom. The third-order valence-corrected chi connectivity index (χ3v) is 6.35. The third-order valence-electron chi connectivity index (χ3n) is 6.35. The first-order chi connectivity index (χ1) is 14.7. The minimum Gasteiger partial charge on any atom is -0.423 e. The number of unbranched alkanes of at least 4 members (excludes halogenated alkanes) is 4. The Morgan fingerprint density at radius 1 is 0.933 bits per heavy atom. The number of esters is 1. The van der Waals surface area contributed by atoms with Gasteiger partial charge in [0.25, 0.3) is 0 Å². The zero-order chi connectivity index (χ0) is 21.2. The molecule has 4 heteroatoms. The Balaban J connectivity index is 1.47. The van der Waals surface area contributed by atoms with Crippen molar-refractivity contribution in [2.24, 2.45) is 5.92 Å². The molecule has 4 nitrogen and oxygen atoms in total. The van der Waals surface area contributed by atoms with Gasteiger partial charge >= 0.3 is 5.97 Å². The van der Waals surface area contributed by atoms with Crippen LogP contribution in [0.5, 0.6) is 5.75 Å². The van der Waals surface area contributed by atoms with Crippen molar-refractivity contribution in [2.75, 3.05) is 0 Å². The summed E-state index contributed by atoms with van der Waals surface area (Å²) in [7, 11) is 0. The van der Waals surface area contributed by atoms with Crippen molar-refractivity contribution >= 4 is 5.97 Å². The molecule has 1 saturated carbocycles. The van der Waals surface area contributed by atoms with Crippen LogP contribution in [0.15, 0.2) is 36.7 Å². The fourth-order valence-electron chi connectivity index (χ4n) is 4.45. The van der Waals surface area contributed by atoms with E-state index >= 15 is 0 Å². The van der Waals surface area contributed by atoms with E-state index in [1.807, 2.05) is 0 Å². The highest BCUT2D eigenvalue weighted by Crippen LogP contribution is 2.38. The van der Waals surface area contributed by atoms with E-state index in [2.05, 4.69) is 41.2 Å². The average Bonchev–Trinajstić information content (AvgIpc) is 2.80. The van der Waals surface area contributed by atoms with E-state index in [1.165, 1.54) is 69.8 Å². The van der Waals surface area contributed by atoms with Crippen LogP contribution in [0.3, 0.4) is 0 Å². The van der Waals surface area contributed by atoms with E-state index < -0.39 is 0 Å². The molecule has 0 unspecified atom stereocenters. The van der Waals surface area contributed by atoms with Gasteiger partial charge in [-0.3, -0.25) is 4.79 Å². The molecule has 162 valence electrons. The smallest absolute Gasteiger partial charge is 0.311 e. The second kappa shape index (κ2) is 11.8. The summed E-state index contributed by atoms with van der Waals surface area (Å²) in [5, 5.41) is 0. The molecule has 0 atom stereocenters. The predicted octanol–water partition coefficient (Wildman–Crippen LogP) is 7.09. The molecule has 2 aromatic rings.